The van der Waals surface area contributed by atoms with Gasteiger partial charge < -0.3 is 5.32 Å². The number of aromatic nitrogens is 1. The van der Waals surface area contributed by atoms with Crippen LogP contribution >= 0.6 is 11.3 Å². The molecule has 0 unspecified atom stereocenters. The number of hydrogen-bond acceptors (Lipinski definition) is 5. The fraction of sp³-hybridized carbons (Fsp3) is 0.250. The van der Waals surface area contributed by atoms with Crippen molar-refractivity contribution in [3.05, 3.63) is 40.3 Å². The third-order valence-electron chi connectivity index (χ3n) is 2.57. The quantitative estimate of drug-likeness (QED) is 0.885. The van der Waals surface area contributed by atoms with Gasteiger partial charge in [-0.2, -0.15) is 0 Å². The average Bonchev–Trinajstić information content (AvgIpc) is 2.82. The van der Waals surface area contributed by atoms with E-state index < -0.39 is 10.0 Å². The normalized spacial score (nSPS) is 11.5. The van der Waals surface area contributed by atoms with Crippen molar-refractivity contribution in [1.82, 2.24) is 9.71 Å². The molecule has 1 aromatic heterocycles. The highest BCUT2D eigenvalue weighted by atomic mass is 32.2. The molecule has 2 N–H and O–H groups in total. The molecule has 7 heteroatoms. The van der Waals surface area contributed by atoms with E-state index in [1.807, 2.05) is 12.3 Å². The van der Waals surface area contributed by atoms with E-state index >= 15 is 0 Å². The van der Waals surface area contributed by atoms with Crippen LogP contribution < -0.4 is 10.0 Å². The Morgan fingerprint density at radius 1 is 1.32 bits per heavy atom. The Hall–Kier alpha value is -1.44. The first-order valence-corrected chi connectivity index (χ1v) is 8.06. The molecule has 0 radical (unpaired) electrons. The van der Waals surface area contributed by atoms with Crippen LogP contribution in [0, 0.1) is 6.92 Å². The third kappa shape index (κ3) is 3.31. The first-order chi connectivity index (χ1) is 9.03. The van der Waals surface area contributed by atoms with Crippen molar-refractivity contribution in [1.29, 1.82) is 0 Å². The van der Waals surface area contributed by atoms with E-state index in [4.69, 9.17) is 0 Å². The maximum atomic E-state index is 11.9. The lowest BCUT2D eigenvalue weighted by Crippen LogP contribution is -2.20. The average molecular weight is 297 g/mol. The summed E-state index contributed by atoms with van der Waals surface area (Å²) >= 11 is 1.57. The maximum absolute atomic E-state index is 11.9. The Bertz CT molecular complexity index is 665. The van der Waals surface area contributed by atoms with Gasteiger partial charge in [0.25, 0.3) is 0 Å². The number of para-hydroxylation sites is 1. The van der Waals surface area contributed by atoms with Crippen LogP contribution in [0.3, 0.4) is 0 Å². The second-order valence-electron chi connectivity index (χ2n) is 3.92. The van der Waals surface area contributed by atoms with Gasteiger partial charge in [0.15, 0.2) is 0 Å². The number of aryl methyl sites for hydroxylation is 1. The summed E-state index contributed by atoms with van der Waals surface area (Å²) in [6.45, 7) is 2.44. The van der Waals surface area contributed by atoms with E-state index in [0.29, 0.717) is 12.2 Å². The molecule has 2 aromatic rings. The first-order valence-electron chi connectivity index (χ1n) is 5.70. The smallest absolute Gasteiger partial charge is 0.242 e. The molecule has 2 rings (SSSR count). The van der Waals surface area contributed by atoms with Crippen LogP contribution in [-0.2, 0) is 16.6 Å². The van der Waals surface area contributed by atoms with Crippen molar-refractivity contribution in [3.63, 3.8) is 0 Å². The van der Waals surface area contributed by atoms with Crippen molar-refractivity contribution < 1.29 is 8.42 Å². The molecule has 0 saturated carbocycles. The Morgan fingerprint density at radius 2 is 2.05 bits per heavy atom. The molecule has 0 spiro atoms. The number of hydrogen-bond donors (Lipinski definition) is 2. The third-order valence-corrected chi connectivity index (χ3v) is 4.87. The zero-order chi connectivity index (χ0) is 13.9. The van der Waals surface area contributed by atoms with Crippen LogP contribution in [0.1, 0.15) is 10.7 Å². The second-order valence-corrected chi connectivity index (χ2v) is 6.83. The molecule has 1 heterocycles. The highest BCUT2D eigenvalue weighted by Gasteiger charge is 2.15. The van der Waals surface area contributed by atoms with Gasteiger partial charge in [0.1, 0.15) is 4.90 Å². The molecule has 0 aliphatic rings. The number of nitrogens with zero attached hydrogens (tertiary/aromatic N) is 1. The Kier molecular flexibility index (Phi) is 4.18. The zero-order valence-corrected chi connectivity index (χ0v) is 12.3. The Balaban J connectivity index is 2.21. The van der Waals surface area contributed by atoms with Crippen molar-refractivity contribution in [3.8, 4) is 0 Å². The molecular formula is C12H15N3O2S2. The summed E-state index contributed by atoms with van der Waals surface area (Å²) in [5.74, 6) is 0. The molecule has 0 saturated heterocycles. The molecule has 1 aromatic carbocycles. The van der Waals surface area contributed by atoms with E-state index in [1.54, 1.807) is 35.6 Å². The summed E-state index contributed by atoms with van der Waals surface area (Å²) in [5.41, 5.74) is 1.47. The van der Waals surface area contributed by atoms with Gasteiger partial charge in [0.05, 0.1) is 22.9 Å². The highest BCUT2D eigenvalue weighted by Crippen LogP contribution is 2.21. The molecule has 0 aliphatic carbocycles. The van der Waals surface area contributed by atoms with Gasteiger partial charge in [-0.3, -0.25) is 0 Å². The Morgan fingerprint density at radius 3 is 2.68 bits per heavy atom. The van der Waals surface area contributed by atoms with Gasteiger partial charge in [0, 0.05) is 5.38 Å². The van der Waals surface area contributed by atoms with E-state index in [1.165, 1.54) is 7.05 Å². The lowest BCUT2D eigenvalue weighted by atomic mass is 10.3. The number of anilines is 1. The SMILES string of the molecule is CNS(=O)(=O)c1ccccc1NCc1csc(C)n1. The predicted molar refractivity (Wildman–Crippen MR) is 76.9 cm³/mol. The maximum Gasteiger partial charge on any atom is 0.242 e. The van der Waals surface area contributed by atoms with Gasteiger partial charge in [-0.15, -0.1) is 11.3 Å². The van der Waals surface area contributed by atoms with Crippen LogP contribution in [0.15, 0.2) is 34.5 Å². The fourth-order valence-corrected chi connectivity index (χ4v) is 3.15. The van der Waals surface area contributed by atoms with E-state index in [2.05, 4.69) is 15.0 Å². The van der Waals surface area contributed by atoms with Crippen LogP contribution in [0.2, 0.25) is 0 Å². The summed E-state index contributed by atoms with van der Waals surface area (Å²) in [4.78, 5) is 4.57. The zero-order valence-electron chi connectivity index (χ0n) is 10.7. The van der Waals surface area contributed by atoms with Gasteiger partial charge >= 0.3 is 0 Å². The van der Waals surface area contributed by atoms with Gasteiger partial charge in [0.2, 0.25) is 10.0 Å². The Labute approximate surface area is 116 Å². The lowest BCUT2D eigenvalue weighted by Gasteiger charge is -2.10. The summed E-state index contributed by atoms with van der Waals surface area (Å²) in [6, 6.07) is 6.80. The highest BCUT2D eigenvalue weighted by molar-refractivity contribution is 7.89. The summed E-state index contributed by atoms with van der Waals surface area (Å²) < 4.78 is 26.1. The molecule has 0 amide bonds. The van der Waals surface area contributed by atoms with Crippen LogP contribution in [0.4, 0.5) is 5.69 Å². The molecule has 0 fully saturated rings. The minimum atomic E-state index is -3.46. The summed E-state index contributed by atoms with van der Waals surface area (Å²) in [5, 5.41) is 6.06. The molecule has 5 nitrogen and oxygen atoms in total. The standard InChI is InChI=1S/C12H15N3O2S2/c1-9-15-10(8-18-9)7-14-11-5-3-4-6-12(11)19(16,17)13-2/h3-6,8,13-14H,7H2,1-2H3. The van der Waals surface area contributed by atoms with E-state index in [-0.39, 0.29) is 4.90 Å². The topological polar surface area (TPSA) is 71.1 Å². The number of benzene rings is 1. The minimum Gasteiger partial charge on any atom is -0.378 e. The first kappa shape index (κ1) is 14.0. The van der Waals surface area contributed by atoms with Crippen molar-refractivity contribution >= 4 is 27.0 Å². The van der Waals surface area contributed by atoms with Gasteiger partial charge in [-0.1, -0.05) is 12.1 Å². The van der Waals surface area contributed by atoms with Crippen molar-refractivity contribution in [2.75, 3.05) is 12.4 Å². The van der Waals surface area contributed by atoms with Crippen LogP contribution in [-0.4, -0.2) is 20.4 Å². The molecule has 0 bridgehead atoms. The monoisotopic (exact) mass is 297 g/mol. The van der Waals surface area contributed by atoms with Gasteiger partial charge in [-0.25, -0.2) is 18.1 Å². The summed E-state index contributed by atoms with van der Waals surface area (Å²) in [7, 11) is -2.06. The molecular weight excluding hydrogens is 282 g/mol. The lowest BCUT2D eigenvalue weighted by molar-refractivity contribution is 0.588. The summed E-state index contributed by atoms with van der Waals surface area (Å²) in [6.07, 6.45) is 0. The van der Waals surface area contributed by atoms with Gasteiger partial charge in [-0.05, 0) is 26.1 Å². The largest absolute Gasteiger partial charge is 0.378 e. The number of nitrogens with one attached hydrogen (secondary N) is 2. The number of thiazole rings is 1. The number of rotatable bonds is 5. The predicted octanol–water partition coefficient (Wildman–Crippen LogP) is 1.97. The van der Waals surface area contributed by atoms with E-state index in [0.717, 1.165) is 10.7 Å². The van der Waals surface area contributed by atoms with Crippen molar-refractivity contribution in [2.24, 2.45) is 0 Å². The second kappa shape index (κ2) is 5.68. The molecule has 19 heavy (non-hydrogen) atoms. The minimum absolute atomic E-state index is 0.240. The number of sulfonamides is 1. The fourth-order valence-electron chi connectivity index (χ4n) is 1.63. The van der Waals surface area contributed by atoms with Crippen LogP contribution in [0.25, 0.3) is 0 Å². The van der Waals surface area contributed by atoms with Crippen molar-refractivity contribution in [2.45, 2.75) is 18.4 Å². The molecule has 102 valence electrons. The molecule has 0 aliphatic heterocycles. The van der Waals surface area contributed by atoms with Crippen LogP contribution in [0.5, 0.6) is 0 Å². The van der Waals surface area contributed by atoms with E-state index in [9.17, 15) is 8.42 Å². The molecule has 0 atom stereocenters.